The lowest BCUT2D eigenvalue weighted by atomic mass is 9.96. The van der Waals surface area contributed by atoms with Crippen molar-refractivity contribution < 1.29 is 0 Å². The average molecular weight is 407 g/mol. The summed E-state index contributed by atoms with van der Waals surface area (Å²) in [6.45, 7) is 0. The van der Waals surface area contributed by atoms with E-state index < -0.39 is 10.2 Å². The molecule has 0 N–H and O–H groups in total. The van der Waals surface area contributed by atoms with Gasteiger partial charge in [0.1, 0.15) is 5.70 Å². The number of halogens is 6. The lowest BCUT2D eigenvalue weighted by Gasteiger charge is -2.49. The smallest absolute Gasteiger partial charge is 0.242 e. The number of alkyl halides is 2. The largest absolute Gasteiger partial charge is 0.279 e. The van der Waals surface area contributed by atoms with Gasteiger partial charge in [-0.25, -0.2) is 13.8 Å². The summed E-state index contributed by atoms with van der Waals surface area (Å²) in [6.07, 6.45) is 1.43. The number of fused-ring (bicyclic) bond motifs is 1. The van der Waals surface area contributed by atoms with E-state index in [4.69, 9.17) is 70.1 Å². The van der Waals surface area contributed by atoms with Crippen molar-refractivity contribution in [3.8, 4) is 0 Å². The highest BCUT2D eigenvalue weighted by molar-refractivity contribution is 6.68. The molecule has 1 aromatic rings. The maximum atomic E-state index is 6.40. The first-order valence-electron chi connectivity index (χ1n) is 5.60. The second kappa shape index (κ2) is 5.24. The summed E-state index contributed by atoms with van der Waals surface area (Å²) in [4.78, 5) is 4.17. The third kappa shape index (κ3) is 2.05. The molecule has 2 aliphatic rings. The average Bonchev–Trinajstić information content (AvgIpc) is 2.71. The third-order valence-corrected chi connectivity index (χ3v) is 5.83. The van der Waals surface area contributed by atoms with E-state index >= 15 is 0 Å². The highest BCUT2D eigenvalue weighted by Gasteiger charge is 2.62. The second-order valence-corrected chi connectivity index (χ2v) is 6.94. The maximum absolute atomic E-state index is 6.40. The van der Waals surface area contributed by atoms with Gasteiger partial charge >= 0.3 is 0 Å². The van der Waals surface area contributed by atoms with Crippen molar-refractivity contribution in [2.24, 2.45) is 4.99 Å². The van der Waals surface area contributed by atoms with Gasteiger partial charge in [-0.05, 0) is 23.4 Å². The van der Waals surface area contributed by atoms with Crippen LogP contribution in [-0.2, 0) is 5.66 Å². The molecule has 10 heteroatoms. The minimum atomic E-state index is -1.77. The zero-order valence-corrected chi connectivity index (χ0v) is 14.6. The Balaban J connectivity index is 2.29. The molecule has 21 heavy (non-hydrogen) atoms. The molecular formula is C11H6Cl6N4. The molecule has 0 bridgehead atoms. The summed E-state index contributed by atoms with van der Waals surface area (Å²) >= 11 is 37.2. The van der Waals surface area contributed by atoms with E-state index in [1.807, 2.05) is 18.2 Å². The Hall–Kier alpha value is -0.0700. The van der Waals surface area contributed by atoms with Gasteiger partial charge in [-0.2, -0.15) is 0 Å². The summed E-state index contributed by atoms with van der Waals surface area (Å²) in [5.41, 5.74) is -0.220. The minimum Gasteiger partial charge on any atom is -0.242 e. The van der Waals surface area contributed by atoms with Gasteiger partial charge in [0.2, 0.25) is 5.29 Å². The van der Waals surface area contributed by atoms with Crippen LogP contribution in [0.25, 0.3) is 0 Å². The van der Waals surface area contributed by atoms with Crippen LogP contribution in [0.4, 0.5) is 0 Å². The standard InChI is InChI=1S/C11H6Cl6N4/c12-9-18-8-6-19(15)11(13,14)21(17)10(8,20(9)16)7-4-2-1-3-5-7/h1-6H. The molecule has 2 heterocycles. The molecule has 0 amide bonds. The number of rotatable bonds is 1. The van der Waals surface area contributed by atoms with Gasteiger partial charge in [0.15, 0.2) is 5.66 Å². The van der Waals surface area contributed by atoms with Crippen LogP contribution < -0.4 is 0 Å². The van der Waals surface area contributed by atoms with Crippen LogP contribution in [0.2, 0.25) is 0 Å². The van der Waals surface area contributed by atoms with Gasteiger partial charge in [-0.3, -0.25) is 0 Å². The zero-order valence-electron chi connectivity index (χ0n) is 10.0. The molecule has 0 radical (unpaired) electrons. The van der Waals surface area contributed by atoms with Crippen molar-refractivity contribution in [1.29, 1.82) is 0 Å². The molecule has 0 fully saturated rings. The Kier molecular flexibility index (Phi) is 3.94. The summed E-state index contributed by atoms with van der Waals surface area (Å²) < 4.78 is 1.44. The molecule has 4 nitrogen and oxygen atoms in total. The topological polar surface area (TPSA) is 22.1 Å². The molecule has 1 atom stereocenters. The van der Waals surface area contributed by atoms with E-state index in [0.717, 1.165) is 13.3 Å². The molecule has 0 aromatic heterocycles. The predicted octanol–water partition coefficient (Wildman–Crippen LogP) is 4.76. The fourth-order valence-corrected chi connectivity index (χ4v) is 3.70. The summed E-state index contributed by atoms with van der Waals surface area (Å²) in [5, 5.41) is 0.0218. The van der Waals surface area contributed by atoms with Crippen molar-refractivity contribution >= 4 is 75.4 Å². The van der Waals surface area contributed by atoms with Gasteiger partial charge in [0, 0.05) is 35.3 Å². The molecule has 0 aliphatic carbocycles. The SMILES string of the molecule is ClC1=NC2=CN(Cl)C(Cl)(Cl)N(Cl)C2(c2ccccc2)N1Cl. The van der Waals surface area contributed by atoms with Gasteiger partial charge in [-0.15, -0.1) is 4.42 Å². The number of hydrogen-bond acceptors (Lipinski definition) is 4. The van der Waals surface area contributed by atoms with E-state index in [-0.39, 0.29) is 5.29 Å². The van der Waals surface area contributed by atoms with E-state index in [2.05, 4.69) is 4.99 Å². The summed E-state index contributed by atoms with van der Waals surface area (Å²) in [5.74, 6) is 0. The monoisotopic (exact) mass is 404 g/mol. The molecule has 2 aliphatic heterocycles. The molecule has 0 spiro atoms. The number of benzene rings is 1. The minimum absolute atomic E-state index is 0.0218. The normalized spacial score (nSPS) is 28.3. The molecule has 112 valence electrons. The fourth-order valence-electron chi connectivity index (χ4n) is 2.26. The zero-order chi connectivity index (χ0) is 15.4. The molecule has 1 aromatic carbocycles. The maximum Gasteiger partial charge on any atom is 0.279 e. The number of aliphatic imine (C=N–C) groups is 1. The fraction of sp³-hybridized carbons (Fsp3) is 0.182. The highest BCUT2D eigenvalue weighted by atomic mass is 35.5. The van der Waals surface area contributed by atoms with Gasteiger partial charge in [0.05, 0.1) is 0 Å². The number of nitrogens with zero attached hydrogens (tertiary/aromatic N) is 4. The molecular weight excluding hydrogens is 401 g/mol. The van der Waals surface area contributed by atoms with Crippen molar-refractivity contribution in [2.75, 3.05) is 0 Å². The van der Waals surface area contributed by atoms with Crippen LogP contribution in [0.3, 0.4) is 0 Å². The van der Waals surface area contributed by atoms with Gasteiger partial charge in [-0.1, -0.05) is 53.5 Å². The van der Waals surface area contributed by atoms with Crippen molar-refractivity contribution in [1.82, 2.24) is 13.3 Å². The lowest BCUT2D eigenvalue weighted by molar-refractivity contribution is 0.0696. The predicted molar refractivity (Wildman–Crippen MR) is 87.0 cm³/mol. The van der Waals surface area contributed by atoms with Crippen LogP contribution in [0.15, 0.2) is 47.2 Å². The van der Waals surface area contributed by atoms with Crippen LogP contribution in [0.5, 0.6) is 0 Å². The summed E-state index contributed by atoms with van der Waals surface area (Å²) in [6, 6.07) is 9.10. The Morgan fingerprint density at radius 2 is 1.62 bits per heavy atom. The number of amidine groups is 1. The Morgan fingerprint density at radius 3 is 2.24 bits per heavy atom. The van der Waals surface area contributed by atoms with Gasteiger partial charge < -0.3 is 0 Å². The first-order chi connectivity index (χ1) is 9.82. The first kappa shape index (κ1) is 15.8. The summed E-state index contributed by atoms with van der Waals surface area (Å²) in [7, 11) is 0. The van der Waals surface area contributed by atoms with E-state index in [1.54, 1.807) is 12.1 Å². The quantitative estimate of drug-likeness (QED) is 0.381. The van der Waals surface area contributed by atoms with Crippen molar-refractivity contribution in [2.45, 2.75) is 10.2 Å². The second-order valence-electron chi connectivity index (χ2n) is 4.32. The van der Waals surface area contributed by atoms with Crippen LogP contribution in [-0.4, -0.2) is 23.1 Å². The van der Waals surface area contributed by atoms with Crippen LogP contribution in [0, 0.1) is 0 Å². The molecule has 1 unspecified atom stereocenters. The van der Waals surface area contributed by atoms with E-state index in [0.29, 0.717) is 11.3 Å². The third-order valence-electron chi connectivity index (χ3n) is 3.21. The van der Waals surface area contributed by atoms with Crippen molar-refractivity contribution in [3.05, 3.63) is 47.8 Å². The Labute approximate surface area is 151 Å². The van der Waals surface area contributed by atoms with E-state index in [1.165, 1.54) is 6.20 Å². The molecule has 0 saturated carbocycles. The molecule has 0 saturated heterocycles. The molecule has 3 rings (SSSR count). The highest BCUT2D eigenvalue weighted by Crippen LogP contribution is 2.56. The lowest BCUT2D eigenvalue weighted by Crippen LogP contribution is -2.61. The van der Waals surface area contributed by atoms with Crippen molar-refractivity contribution in [3.63, 3.8) is 0 Å². The van der Waals surface area contributed by atoms with Gasteiger partial charge in [0.25, 0.3) is 4.58 Å². The van der Waals surface area contributed by atoms with E-state index in [9.17, 15) is 0 Å². The van der Waals surface area contributed by atoms with Crippen LogP contribution in [0.1, 0.15) is 5.56 Å². The first-order valence-corrected chi connectivity index (χ1v) is 7.74. The van der Waals surface area contributed by atoms with Crippen LogP contribution >= 0.6 is 70.1 Å². The Morgan fingerprint density at radius 1 is 1.00 bits per heavy atom. The Bertz CT molecular complexity index is 633. The number of hydrogen-bond donors (Lipinski definition) is 0.